The predicted molar refractivity (Wildman–Crippen MR) is 107 cm³/mol. The number of amides is 2. The van der Waals surface area contributed by atoms with Crippen LogP contribution in [0.3, 0.4) is 0 Å². The van der Waals surface area contributed by atoms with Gasteiger partial charge in [0.25, 0.3) is 5.91 Å². The van der Waals surface area contributed by atoms with Gasteiger partial charge in [0.2, 0.25) is 15.9 Å². The Labute approximate surface area is 168 Å². The minimum atomic E-state index is -3.95. The van der Waals surface area contributed by atoms with Crippen LogP contribution in [0.2, 0.25) is 0 Å². The van der Waals surface area contributed by atoms with Crippen molar-refractivity contribution in [2.45, 2.75) is 11.8 Å². The smallest absolute Gasteiger partial charge is 0.262 e. The number of carbonyl (C=O) groups is 2. The summed E-state index contributed by atoms with van der Waals surface area (Å²) in [6.07, 6.45) is 0. The van der Waals surface area contributed by atoms with E-state index in [1.165, 1.54) is 26.3 Å². The molecular weight excluding hydrogens is 398 g/mol. The zero-order valence-electron chi connectivity index (χ0n) is 16.2. The number of nitrogens with zero attached hydrogens (tertiary/aromatic N) is 1. The molecule has 154 valence electrons. The van der Waals surface area contributed by atoms with Crippen molar-refractivity contribution in [1.82, 2.24) is 4.31 Å². The maximum absolute atomic E-state index is 13.0. The molecule has 9 nitrogen and oxygen atoms in total. The van der Waals surface area contributed by atoms with Crippen LogP contribution in [0.5, 0.6) is 11.5 Å². The number of fused-ring (bicyclic) bond motifs is 1. The minimum absolute atomic E-state index is 0.00662. The summed E-state index contributed by atoms with van der Waals surface area (Å²) in [5.74, 6) is 0.119. The quantitative estimate of drug-likeness (QED) is 0.735. The maximum Gasteiger partial charge on any atom is 0.262 e. The number of hydrogen-bond acceptors (Lipinski definition) is 6. The van der Waals surface area contributed by atoms with Gasteiger partial charge in [0.05, 0.1) is 24.2 Å². The van der Waals surface area contributed by atoms with Crippen LogP contribution < -0.4 is 20.1 Å². The molecule has 0 saturated carbocycles. The Morgan fingerprint density at radius 3 is 2.62 bits per heavy atom. The third kappa shape index (κ3) is 4.49. The average molecular weight is 419 g/mol. The molecule has 29 heavy (non-hydrogen) atoms. The Hall–Kier alpha value is -3.11. The Morgan fingerprint density at radius 2 is 1.97 bits per heavy atom. The highest BCUT2D eigenvalue weighted by Crippen LogP contribution is 2.33. The summed E-state index contributed by atoms with van der Waals surface area (Å²) in [5, 5.41) is 5.28. The van der Waals surface area contributed by atoms with E-state index in [-0.39, 0.29) is 29.7 Å². The second-order valence-corrected chi connectivity index (χ2v) is 8.50. The van der Waals surface area contributed by atoms with Gasteiger partial charge in [-0.1, -0.05) is 0 Å². The first-order chi connectivity index (χ1) is 13.7. The molecule has 0 radical (unpaired) electrons. The molecule has 2 aromatic rings. The molecule has 1 heterocycles. The van der Waals surface area contributed by atoms with E-state index in [1.54, 1.807) is 31.2 Å². The number of likely N-dealkylation sites (N-methyl/N-ethyl adjacent to an activating group) is 1. The lowest BCUT2D eigenvalue weighted by Gasteiger charge is -2.22. The summed E-state index contributed by atoms with van der Waals surface area (Å²) in [6.45, 7) is 1.05. The van der Waals surface area contributed by atoms with Crippen LogP contribution in [0.1, 0.15) is 5.56 Å². The summed E-state index contributed by atoms with van der Waals surface area (Å²) < 4.78 is 37.2. The number of aryl methyl sites for hydroxylation is 1. The number of ether oxygens (including phenoxy) is 2. The normalized spacial score (nSPS) is 13.3. The third-order valence-corrected chi connectivity index (χ3v) is 6.28. The second kappa shape index (κ2) is 8.10. The lowest BCUT2D eigenvalue weighted by atomic mass is 10.2. The van der Waals surface area contributed by atoms with Gasteiger partial charge >= 0.3 is 0 Å². The summed E-state index contributed by atoms with van der Waals surface area (Å²) >= 11 is 0. The van der Waals surface area contributed by atoms with Crippen LogP contribution in [0.4, 0.5) is 11.4 Å². The molecule has 0 aromatic heterocycles. The SMILES string of the molecule is COc1ccc(NC(=O)CN(C)S(=O)(=O)c2cc3c(cc2C)NC(=O)CO3)cc1. The molecule has 3 rings (SSSR count). The van der Waals surface area contributed by atoms with E-state index in [1.807, 2.05) is 0 Å². The first kappa shape index (κ1) is 20.6. The van der Waals surface area contributed by atoms with Crippen molar-refractivity contribution >= 4 is 33.2 Å². The molecule has 0 bridgehead atoms. The maximum atomic E-state index is 13.0. The van der Waals surface area contributed by atoms with Gasteiger partial charge in [-0.3, -0.25) is 9.59 Å². The highest BCUT2D eigenvalue weighted by molar-refractivity contribution is 7.89. The van der Waals surface area contributed by atoms with Gasteiger partial charge in [-0.05, 0) is 42.8 Å². The fraction of sp³-hybridized carbons (Fsp3) is 0.263. The number of benzene rings is 2. The van der Waals surface area contributed by atoms with Gasteiger partial charge in [0.15, 0.2) is 6.61 Å². The van der Waals surface area contributed by atoms with Gasteiger partial charge in [-0.15, -0.1) is 0 Å². The zero-order valence-corrected chi connectivity index (χ0v) is 17.0. The number of hydrogen-bond donors (Lipinski definition) is 2. The fourth-order valence-corrected chi connectivity index (χ4v) is 4.17. The van der Waals surface area contributed by atoms with Gasteiger partial charge in [0, 0.05) is 18.8 Å². The molecule has 2 amide bonds. The minimum Gasteiger partial charge on any atom is -0.497 e. The number of sulfonamides is 1. The highest BCUT2D eigenvalue weighted by Gasteiger charge is 2.28. The summed E-state index contributed by atoms with van der Waals surface area (Å²) in [4.78, 5) is 23.7. The molecule has 0 unspecified atom stereocenters. The number of rotatable bonds is 6. The molecule has 10 heteroatoms. The standard InChI is InChI=1S/C19H21N3O6S/c1-12-8-15-16(28-11-19(24)21-15)9-17(12)29(25,26)22(2)10-18(23)20-13-4-6-14(27-3)7-5-13/h4-9H,10-11H2,1-3H3,(H,20,23)(H,21,24). The lowest BCUT2D eigenvalue weighted by molar-refractivity contribution is -0.118. The van der Waals surface area contributed by atoms with Gasteiger partial charge in [-0.2, -0.15) is 4.31 Å². The van der Waals surface area contributed by atoms with E-state index in [2.05, 4.69) is 10.6 Å². The number of anilines is 2. The molecule has 2 N–H and O–H groups in total. The van der Waals surface area contributed by atoms with E-state index in [9.17, 15) is 18.0 Å². The fourth-order valence-electron chi connectivity index (χ4n) is 2.82. The molecule has 0 atom stereocenters. The van der Waals surface area contributed by atoms with Crippen LogP contribution in [0.25, 0.3) is 0 Å². The molecular formula is C19H21N3O6S. The molecule has 0 fully saturated rings. The van der Waals surface area contributed by atoms with Crippen molar-refractivity contribution in [3.8, 4) is 11.5 Å². The van der Waals surface area contributed by atoms with Crippen molar-refractivity contribution in [1.29, 1.82) is 0 Å². The monoisotopic (exact) mass is 419 g/mol. The van der Waals surface area contributed by atoms with E-state index < -0.39 is 15.9 Å². The largest absolute Gasteiger partial charge is 0.497 e. The first-order valence-corrected chi connectivity index (χ1v) is 10.1. The van der Waals surface area contributed by atoms with Crippen molar-refractivity contribution in [3.05, 3.63) is 42.0 Å². The molecule has 1 aliphatic rings. The molecule has 2 aromatic carbocycles. The summed E-state index contributed by atoms with van der Waals surface area (Å²) in [7, 11) is -1.09. The van der Waals surface area contributed by atoms with E-state index in [4.69, 9.17) is 9.47 Å². The molecule has 0 saturated heterocycles. The zero-order chi connectivity index (χ0) is 21.2. The predicted octanol–water partition coefficient (Wildman–Crippen LogP) is 1.59. The second-order valence-electron chi connectivity index (χ2n) is 6.49. The number of carbonyl (C=O) groups excluding carboxylic acids is 2. The molecule has 1 aliphatic heterocycles. The van der Waals surface area contributed by atoms with Crippen LogP contribution in [0, 0.1) is 6.92 Å². The Bertz CT molecular complexity index is 1050. The van der Waals surface area contributed by atoms with Crippen LogP contribution in [-0.4, -0.2) is 51.8 Å². The van der Waals surface area contributed by atoms with Crippen LogP contribution in [-0.2, 0) is 19.6 Å². The van der Waals surface area contributed by atoms with Crippen LogP contribution >= 0.6 is 0 Å². The van der Waals surface area contributed by atoms with Gasteiger partial charge in [-0.25, -0.2) is 8.42 Å². The highest BCUT2D eigenvalue weighted by atomic mass is 32.2. The van der Waals surface area contributed by atoms with E-state index in [0.717, 1.165) is 4.31 Å². The first-order valence-electron chi connectivity index (χ1n) is 8.68. The Balaban J connectivity index is 1.74. The Kier molecular flexibility index (Phi) is 5.76. The van der Waals surface area contributed by atoms with Gasteiger partial charge < -0.3 is 20.1 Å². The summed E-state index contributed by atoms with van der Waals surface area (Å²) in [6, 6.07) is 9.58. The van der Waals surface area contributed by atoms with Crippen molar-refractivity contribution in [3.63, 3.8) is 0 Å². The lowest BCUT2D eigenvalue weighted by Crippen LogP contribution is -2.35. The van der Waals surface area contributed by atoms with Crippen molar-refractivity contribution in [2.75, 3.05) is 37.9 Å². The van der Waals surface area contributed by atoms with Crippen LogP contribution in [0.15, 0.2) is 41.3 Å². The van der Waals surface area contributed by atoms with E-state index >= 15 is 0 Å². The average Bonchev–Trinajstić information content (AvgIpc) is 2.67. The third-order valence-electron chi connectivity index (χ3n) is 4.34. The Morgan fingerprint density at radius 1 is 1.28 bits per heavy atom. The number of nitrogens with one attached hydrogen (secondary N) is 2. The van der Waals surface area contributed by atoms with E-state index in [0.29, 0.717) is 22.7 Å². The number of methoxy groups -OCH3 is 1. The molecule has 0 spiro atoms. The molecule has 0 aliphatic carbocycles. The van der Waals surface area contributed by atoms with Crippen molar-refractivity contribution in [2.24, 2.45) is 0 Å². The summed E-state index contributed by atoms with van der Waals surface area (Å²) in [5.41, 5.74) is 1.37. The van der Waals surface area contributed by atoms with Crippen molar-refractivity contribution < 1.29 is 27.5 Å². The topological polar surface area (TPSA) is 114 Å². The van der Waals surface area contributed by atoms with Gasteiger partial charge in [0.1, 0.15) is 11.5 Å².